The molecule has 0 saturated heterocycles. The highest BCUT2D eigenvalue weighted by atomic mass is 16.1. The molecule has 0 spiro atoms. The lowest BCUT2D eigenvalue weighted by molar-refractivity contribution is -0.112. The number of aromatic nitrogens is 1. The second kappa shape index (κ2) is 4.37. The summed E-state index contributed by atoms with van der Waals surface area (Å²) in [6.45, 7) is 3.02. The number of carbonyl (C=O) groups is 2. The zero-order valence-corrected chi connectivity index (χ0v) is 9.81. The van der Waals surface area contributed by atoms with Crippen LogP contribution in [0.15, 0.2) is 36.5 Å². The first-order valence-electron chi connectivity index (χ1n) is 5.39. The predicted molar refractivity (Wildman–Crippen MR) is 68.0 cm³/mol. The van der Waals surface area contributed by atoms with Gasteiger partial charge in [-0.15, -0.1) is 0 Å². The minimum atomic E-state index is -0.0383. The van der Waals surface area contributed by atoms with E-state index in [1.54, 1.807) is 16.8 Å². The fraction of sp³-hybridized carbons (Fsp3) is 0.143. The Hall–Kier alpha value is -2.16. The third-order valence-electron chi connectivity index (χ3n) is 2.58. The van der Waals surface area contributed by atoms with Gasteiger partial charge in [0.1, 0.15) is 0 Å². The van der Waals surface area contributed by atoms with E-state index in [1.165, 1.54) is 19.9 Å². The van der Waals surface area contributed by atoms with E-state index in [0.29, 0.717) is 0 Å². The van der Waals surface area contributed by atoms with Crippen LogP contribution < -0.4 is 0 Å². The molecule has 1 aromatic carbocycles. The van der Waals surface area contributed by atoms with Crippen LogP contribution in [-0.4, -0.2) is 16.3 Å². The van der Waals surface area contributed by atoms with Crippen LogP contribution in [0.4, 0.5) is 0 Å². The Labute approximate surface area is 99.4 Å². The topological polar surface area (TPSA) is 39.1 Å². The summed E-state index contributed by atoms with van der Waals surface area (Å²) < 4.78 is 1.59. The summed E-state index contributed by atoms with van der Waals surface area (Å²) in [5.74, 6) is -0.0478. The molecule has 0 aliphatic carbocycles. The van der Waals surface area contributed by atoms with Crippen LogP contribution >= 0.6 is 0 Å². The van der Waals surface area contributed by atoms with E-state index >= 15 is 0 Å². The maximum atomic E-state index is 11.5. The molecule has 0 N–H and O–H groups in total. The van der Waals surface area contributed by atoms with Gasteiger partial charge in [-0.1, -0.05) is 18.2 Å². The van der Waals surface area contributed by atoms with E-state index in [9.17, 15) is 9.59 Å². The summed E-state index contributed by atoms with van der Waals surface area (Å²) in [7, 11) is 0. The van der Waals surface area contributed by atoms with E-state index < -0.39 is 0 Å². The van der Waals surface area contributed by atoms with E-state index in [4.69, 9.17) is 0 Å². The van der Waals surface area contributed by atoms with Crippen molar-refractivity contribution in [3.8, 4) is 0 Å². The molecule has 0 aliphatic heterocycles. The highest BCUT2D eigenvalue weighted by Gasteiger charge is 2.08. The van der Waals surface area contributed by atoms with Gasteiger partial charge in [0.15, 0.2) is 5.78 Å². The SMILES string of the molecule is CC(=O)/C=C\c1cn(C(C)=O)c2ccccc12. The van der Waals surface area contributed by atoms with Gasteiger partial charge >= 0.3 is 0 Å². The molecule has 3 heteroatoms. The number of fused-ring (bicyclic) bond motifs is 1. The summed E-state index contributed by atoms with van der Waals surface area (Å²) in [5.41, 5.74) is 1.74. The van der Waals surface area contributed by atoms with Crippen LogP contribution in [-0.2, 0) is 4.79 Å². The van der Waals surface area contributed by atoms with Crippen molar-refractivity contribution in [2.45, 2.75) is 13.8 Å². The number of hydrogen-bond donors (Lipinski definition) is 0. The summed E-state index contributed by atoms with van der Waals surface area (Å²) in [5, 5.41) is 0.972. The molecule has 0 atom stereocenters. The number of rotatable bonds is 2. The second-order valence-electron chi connectivity index (χ2n) is 3.93. The molecular weight excluding hydrogens is 214 g/mol. The second-order valence-corrected chi connectivity index (χ2v) is 3.93. The smallest absolute Gasteiger partial charge is 0.227 e. The van der Waals surface area contributed by atoms with Crippen molar-refractivity contribution in [2.75, 3.05) is 0 Å². The van der Waals surface area contributed by atoms with Crippen molar-refractivity contribution >= 4 is 28.7 Å². The number of nitrogens with zero attached hydrogens (tertiary/aromatic N) is 1. The van der Waals surface area contributed by atoms with Crippen LogP contribution in [0.3, 0.4) is 0 Å². The summed E-state index contributed by atoms with van der Waals surface area (Å²) in [6.07, 6.45) is 5.00. The Kier molecular flexibility index (Phi) is 2.91. The third kappa shape index (κ3) is 2.18. The number of ketones is 1. The lowest BCUT2D eigenvalue weighted by Crippen LogP contribution is -2.02. The molecule has 0 radical (unpaired) electrons. The van der Waals surface area contributed by atoms with Crippen molar-refractivity contribution in [2.24, 2.45) is 0 Å². The van der Waals surface area contributed by atoms with Crippen LogP contribution in [0.1, 0.15) is 24.2 Å². The van der Waals surface area contributed by atoms with Crippen molar-refractivity contribution in [1.29, 1.82) is 0 Å². The molecule has 0 saturated carbocycles. The van der Waals surface area contributed by atoms with Crippen LogP contribution in [0.25, 0.3) is 17.0 Å². The molecular formula is C14H13NO2. The fourth-order valence-electron chi connectivity index (χ4n) is 1.81. The molecule has 2 aromatic rings. The molecule has 0 unspecified atom stereocenters. The average molecular weight is 227 g/mol. The van der Waals surface area contributed by atoms with Crippen LogP contribution in [0.5, 0.6) is 0 Å². The van der Waals surface area contributed by atoms with Crippen LogP contribution in [0.2, 0.25) is 0 Å². The zero-order chi connectivity index (χ0) is 12.4. The maximum absolute atomic E-state index is 11.5. The molecule has 3 nitrogen and oxygen atoms in total. The standard InChI is InChI=1S/C14H13NO2/c1-10(16)7-8-12-9-15(11(2)17)14-6-4-3-5-13(12)14/h3-9H,1-2H3/b8-7-. The Balaban J connectivity index is 2.64. The fourth-order valence-corrected chi connectivity index (χ4v) is 1.81. The number of benzene rings is 1. The first kappa shape index (κ1) is 11.3. The predicted octanol–water partition coefficient (Wildman–Crippen LogP) is 2.90. The Morgan fingerprint density at radius 1 is 1.18 bits per heavy atom. The van der Waals surface area contributed by atoms with Gasteiger partial charge in [-0.25, -0.2) is 0 Å². The van der Waals surface area contributed by atoms with Gasteiger partial charge in [0.05, 0.1) is 5.52 Å². The molecule has 0 bridgehead atoms. The molecule has 1 heterocycles. The molecule has 0 fully saturated rings. The number of hydrogen-bond acceptors (Lipinski definition) is 2. The zero-order valence-electron chi connectivity index (χ0n) is 9.81. The largest absolute Gasteiger partial charge is 0.295 e. The Bertz CT molecular complexity index is 620. The molecule has 17 heavy (non-hydrogen) atoms. The maximum Gasteiger partial charge on any atom is 0.227 e. The van der Waals surface area contributed by atoms with Gasteiger partial charge in [-0.05, 0) is 25.1 Å². The number of allylic oxidation sites excluding steroid dienone is 1. The first-order valence-corrected chi connectivity index (χ1v) is 5.39. The number of para-hydroxylation sites is 1. The quantitative estimate of drug-likeness (QED) is 0.740. The third-order valence-corrected chi connectivity index (χ3v) is 2.58. The molecule has 1 aromatic heterocycles. The van der Waals surface area contributed by atoms with Gasteiger partial charge in [0, 0.05) is 24.1 Å². The lowest BCUT2D eigenvalue weighted by Gasteiger charge is -1.96. The number of carbonyl (C=O) groups excluding carboxylic acids is 2. The first-order chi connectivity index (χ1) is 8.09. The highest BCUT2D eigenvalue weighted by Crippen LogP contribution is 2.22. The summed E-state index contributed by atoms with van der Waals surface area (Å²) >= 11 is 0. The average Bonchev–Trinajstić information content (AvgIpc) is 2.65. The summed E-state index contributed by atoms with van der Waals surface area (Å²) in [4.78, 5) is 22.4. The molecule has 0 amide bonds. The van der Waals surface area contributed by atoms with Gasteiger partial charge < -0.3 is 0 Å². The van der Waals surface area contributed by atoms with Gasteiger partial charge in [-0.3, -0.25) is 14.2 Å². The summed E-state index contributed by atoms with van der Waals surface area (Å²) in [6, 6.07) is 7.63. The highest BCUT2D eigenvalue weighted by molar-refractivity contribution is 5.99. The van der Waals surface area contributed by atoms with Gasteiger partial charge in [0.2, 0.25) is 5.91 Å². The van der Waals surface area contributed by atoms with Gasteiger partial charge in [0.25, 0.3) is 0 Å². The van der Waals surface area contributed by atoms with Crippen molar-refractivity contribution in [3.63, 3.8) is 0 Å². The van der Waals surface area contributed by atoms with Gasteiger partial charge in [-0.2, -0.15) is 0 Å². The Morgan fingerprint density at radius 3 is 2.53 bits per heavy atom. The lowest BCUT2D eigenvalue weighted by atomic mass is 10.1. The van der Waals surface area contributed by atoms with Crippen molar-refractivity contribution < 1.29 is 9.59 Å². The van der Waals surface area contributed by atoms with Crippen molar-refractivity contribution in [1.82, 2.24) is 4.57 Å². The molecule has 86 valence electrons. The Morgan fingerprint density at radius 2 is 1.88 bits per heavy atom. The minimum absolute atomic E-state index is 0.00958. The van der Waals surface area contributed by atoms with E-state index in [-0.39, 0.29) is 11.7 Å². The minimum Gasteiger partial charge on any atom is -0.295 e. The monoisotopic (exact) mass is 227 g/mol. The van der Waals surface area contributed by atoms with E-state index in [1.807, 2.05) is 24.3 Å². The molecule has 0 aliphatic rings. The van der Waals surface area contributed by atoms with E-state index in [2.05, 4.69) is 0 Å². The van der Waals surface area contributed by atoms with Crippen molar-refractivity contribution in [3.05, 3.63) is 42.1 Å². The normalized spacial score (nSPS) is 11.2. The van der Waals surface area contributed by atoms with E-state index in [0.717, 1.165) is 16.5 Å². The van der Waals surface area contributed by atoms with Crippen LogP contribution in [0, 0.1) is 0 Å². The molecule has 2 rings (SSSR count).